The molecule has 7 rings (SSSR count). The molecule has 3 aliphatic carbocycles. The van der Waals surface area contributed by atoms with E-state index in [-0.39, 0.29) is 65.5 Å². The lowest BCUT2D eigenvalue weighted by Crippen LogP contribution is -2.58. The molecule has 3 N–H and O–H groups in total. The SMILES string of the molecule is CC1=C(O)C(=O)[C@@H]2CC(=O)[C@@]34C(=O)N[C@@H](Cc5c[nH]c6ccccc56)[C@@H]3[C@H](C)[C@@]3(C)O[C@H]3[C@@H]4/C=C/C[C@H](C)[C@@H]12. The minimum absolute atomic E-state index is 0.0422. The number of ether oxygens (including phenoxy) is 1. The first kappa shape index (κ1) is 24.8. The molecule has 1 spiro atoms. The van der Waals surface area contributed by atoms with Crippen molar-refractivity contribution in [1.29, 1.82) is 0 Å². The molecule has 1 aromatic carbocycles. The number of epoxide rings is 1. The van der Waals surface area contributed by atoms with E-state index in [2.05, 4.69) is 49.3 Å². The Balaban J connectivity index is 1.34. The minimum atomic E-state index is -1.31. The van der Waals surface area contributed by atoms with Crippen molar-refractivity contribution in [3.63, 3.8) is 0 Å². The van der Waals surface area contributed by atoms with Crippen LogP contribution in [0, 0.1) is 40.9 Å². The summed E-state index contributed by atoms with van der Waals surface area (Å²) >= 11 is 0. The molecule has 1 amide bonds. The van der Waals surface area contributed by atoms with Crippen LogP contribution in [0.25, 0.3) is 10.9 Å². The standard InChI is InChI=1S/C32H36N2O5/c1-15-8-7-10-21-29-31(4,39-29)17(3)26-23(12-18-14-33-22-11-6-5-9-19(18)22)34-30(38)32(21,26)24(35)13-20-25(15)16(2)27(36)28(20)37/h5-7,9-11,14-15,17,20-21,23,25-26,29,33,36H,8,12-13H2,1-4H3,(H,34,38)/b10-7+/t15-,17-,20+,21-,23-,25-,26-,29-,31+,32+/m0/s1. The number of aliphatic hydroxyl groups excluding tert-OH is 1. The minimum Gasteiger partial charge on any atom is -0.504 e. The summed E-state index contributed by atoms with van der Waals surface area (Å²) in [6.07, 6.45) is 7.17. The Kier molecular flexibility index (Phi) is 5.20. The number of hydrogen-bond acceptors (Lipinski definition) is 5. The zero-order chi connectivity index (χ0) is 27.4. The molecule has 5 aliphatic rings. The summed E-state index contributed by atoms with van der Waals surface area (Å²) < 4.78 is 6.36. The smallest absolute Gasteiger partial charge is 0.235 e. The molecule has 2 aliphatic heterocycles. The number of amides is 1. The van der Waals surface area contributed by atoms with E-state index in [0.717, 1.165) is 16.5 Å². The van der Waals surface area contributed by atoms with E-state index in [0.29, 0.717) is 18.4 Å². The molecule has 3 heterocycles. The largest absolute Gasteiger partial charge is 0.504 e. The number of nitrogens with one attached hydrogen (secondary N) is 2. The normalized spacial score (nSPS) is 43.9. The molecule has 0 unspecified atom stereocenters. The van der Waals surface area contributed by atoms with E-state index in [1.165, 1.54) is 0 Å². The number of para-hydroxylation sites is 1. The summed E-state index contributed by atoms with van der Waals surface area (Å²) in [5.41, 5.74) is 1.08. The highest BCUT2D eigenvalue weighted by Gasteiger charge is 2.78. The van der Waals surface area contributed by atoms with Crippen molar-refractivity contribution in [2.45, 2.75) is 64.7 Å². The Bertz CT molecular complexity index is 1490. The zero-order valence-electron chi connectivity index (χ0n) is 22.9. The van der Waals surface area contributed by atoms with E-state index < -0.39 is 22.9 Å². The van der Waals surface area contributed by atoms with Crippen molar-refractivity contribution in [3.8, 4) is 0 Å². The van der Waals surface area contributed by atoms with Crippen LogP contribution in [0.4, 0.5) is 0 Å². The van der Waals surface area contributed by atoms with Crippen LogP contribution in [0.3, 0.4) is 0 Å². The van der Waals surface area contributed by atoms with Gasteiger partial charge in [0.25, 0.3) is 0 Å². The number of aliphatic hydroxyl groups is 1. The van der Waals surface area contributed by atoms with Gasteiger partial charge in [-0.25, -0.2) is 0 Å². The Morgan fingerprint density at radius 1 is 1.15 bits per heavy atom. The number of H-pyrrole nitrogens is 1. The molecule has 7 nitrogen and oxygen atoms in total. The van der Waals surface area contributed by atoms with Gasteiger partial charge in [0.1, 0.15) is 11.2 Å². The van der Waals surface area contributed by atoms with Gasteiger partial charge >= 0.3 is 0 Å². The second-order valence-electron chi connectivity index (χ2n) is 12.9. The Hall–Kier alpha value is -3.19. The van der Waals surface area contributed by atoms with Gasteiger partial charge in [0, 0.05) is 47.3 Å². The first-order valence-electron chi connectivity index (χ1n) is 14.3. The van der Waals surface area contributed by atoms with Gasteiger partial charge in [-0.15, -0.1) is 0 Å². The number of rotatable bonds is 2. The molecular weight excluding hydrogens is 492 g/mol. The van der Waals surface area contributed by atoms with Crippen LogP contribution < -0.4 is 5.32 Å². The maximum absolute atomic E-state index is 14.7. The number of aromatic amines is 1. The first-order chi connectivity index (χ1) is 18.6. The fourth-order valence-corrected chi connectivity index (χ4v) is 9.05. The topological polar surface area (TPSA) is 112 Å². The molecule has 204 valence electrons. The van der Waals surface area contributed by atoms with Gasteiger partial charge in [-0.1, -0.05) is 44.2 Å². The van der Waals surface area contributed by atoms with Gasteiger partial charge < -0.3 is 20.1 Å². The third-order valence-electron chi connectivity index (χ3n) is 11.2. The second-order valence-corrected chi connectivity index (χ2v) is 12.9. The third kappa shape index (κ3) is 3.11. The van der Waals surface area contributed by atoms with Crippen molar-refractivity contribution >= 4 is 28.4 Å². The molecule has 39 heavy (non-hydrogen) atoms. The monoisotopic (exact) mass is 528 g/mol. The quantitative estimate of drug-likeness (QED) is 0.303. The zero-order valence-corrected chi connectivity index (χ0v) is 22.9. The van der Waals surface area contributed by atoms with Crippen LogP contribution in [0.15, 0.2) is 53.9 Å². The molecule has 10 atom stereocenters. The highest BCUT2D eigenvalue weighted by atomic mass is 16.6. The van der Waals surface area contributed by atoms with E-state index in [4.69, 9.17) is 4.74 Å². The van der Waals surface area contributed by atoms with Crippen molar-refractivity contribution < 1.29 is 24.2 Å². The molecular formula is C32H36N2O5. The van der Waals surface area contributed by atoms with E-state index in [9.17, 15) is 19.5 Å². The summed E-state index contributed by atoms with van der Waals surface area (Å²) in [5.74, 6) is -2.51. The maximum atomic E-state index is 14.7. The van der Waals surface area contributed by atoms with Gasteiger partial charge in [-0.05, 0) is 61.6 Å². The maximum Gasteiger partial charge on any atom is 0.235 e. The van der Waals surface area contributed by atoms with Crippen molar-refractivity contribution in [1.82, 2.24) is 10.3 Å². The lowest BCUT2D eigenvalue weighted by Gasteiger charge is -2.46. The number of Topliss-reactive ketones (excluding diaryl/α,β-unsaturated/α-hetero) is 2. The number of fused-ring (bicyclic) bond motifs is 4. The number of aromatic nitrogens is 1. The molecule has 0 bridgehead atoms. The number of ketones is 2. The van der Waals surface area contributed by atoms with Gasteiger partial charge in [0.15, 0.2) is 5.76 Å². The fourth-order valence-electron chi connectivity index (χ4n) is 9.05. The van der Waals surface area contributed by atoms with Crippen molar-refractivity contribution in [2.75, 3.05) is 0 Å². The number of carbonyl (C=O) groups is 3. The van der Waals surface area contributed by atoms with Crippen LogP contribution >= 0.6 is 0 Å². The summed E-state index contributed by atoms with van der Waals surface area (Å²) in [5, 5.41) is 15.0. The van der Waals surface area contributed by atoms with Crippen molar-refractivity contribution in [3.05, 3.63) is 59.5 Å². The van der Waals surface area contributed by atoms with Gasteiger partial charge in [0.2, 0.25) is 11.7 Å². The van der Waals surface area contributed by atoms with Crippen LogP contribution in [-0.4, -0.2) is 45.3 Å². The Morgan fingerprint density at radius 2 is 1.92 bits per heavy atom. The van der Waals surface area contributed by atoms with E-state index >= 15 is 0 Å². The lowest BCUT2D eigenvalue weighted by atomic mass is 9.50. The molecule has 3 fully saturated rings. The highest BCUT2D eigenvalue weighted by Crippen LogP contribution is 2.66. The number of carbonyl (C=O) groups excluding carboxylic acids is 3. The van der Waals surface area contributed by atoms with E-state index in [1.54, 1.807) is 6.92 Å². The summed E-state index contributed by atoms with van der Waals surface area (Å²) in [6, 6.07) is 7.86. The molecule has 7 heteroatoms. The Morgan fingerprint density at radius 3 is 2.72 bits per heavy atom. The van der Waals surface area contributed by atoms with Crippen molar-refractivity contribution in [2.24, 2.45) is 40.9 Å². The number of allylic oxidation sites excluding steroid dienone is 3. The summed E-state index contributed by atoms with van der Waals surface area (Å²) in [4.78, 5) is 45.5. The van der Waals surface area contributed by atoms with E-state index in [1.807, 2.05) is 24.4 Å². The van der Waals surface area contributed by atoms with Crippen LogP contribution in [0.2, 0.25) is 0 Å². The average molecular weight is 529 g/mol. The first-order valence-corrected chi connectivity index (χ1v) is 14.3. The molecule has 2 aromatic rings. The average Bonchev–Trinajstić information content (AvgIpc) is 3.21. The summed E-state index contributed by atoms with van der Waals surface area (Å²) in [7, 11) is 0. The van der Waals surface area contributed by atoms with Gasteiger partial charge in [-0.3, -0.25) is 14.4 Å². The Labute approximate surface area is 228 Å². The molecule has 2 saturated heterocycles. The molecule has 1 aromatic heterocycles. The molecule has 0 radical (unpaired) electrons. The van der Waals surface area contributed by atoms with Gasteiger partial charge in [0.05, 0.1) is 11.7 Å². The number of benzene rings is 1. The number of hydrogen-bond donors (Lipinski definition) is 3. The van der Waals surface area contributed by atoms with Gasteiger partial charge in [-0.2, -0.15) is 0 Å². The fraction of sp³-hybridized carbons (Fsp3) is 0.531. The predicted molar refractivity (Wildman–Crippen MR) is 146 cm³/mol. The second kappa shape index (κ2) is 8.17. The lowest BCUT2D eigenvalue weighted by molar-refractivity contribution is -0.150. The van der Waals surface area contributed by atoms with Crippen LogP contribution in [-0.2, 0) is 25.5 Å². The predicted octanol–water partition coefficient (Wildman–Crippen LogP) is 4.44. The summed E-state index contributed by atoms with van der Waals surface area (Å²) in [6.45, 7) is 8.09. The highest BCUT2D eigenvalue weighted by molar-refractivity contribution is 6.11. The molecule has 1 saturated carbocycles. The van der Waals surface area contributed by atoms with Crippen LogP contribution in [0.5, 0.6) is 0 Å². The van der Waals surface area contributed by atoms with Crippen LogP contribution in [0.1, 0.15) is 46.1 Å². The third-order valence-corrected chi connectivity index (χ3v) is 11.2.